The summed E-state index contributed by atoms with van der Waals surface area (Å²) in [5, 5.41) is 8.74. The molecule has 1 N–H and O–H groups in total. The van der Waals surface area contributed by atoms with Crippen molar-refractivity contribution in [3.05, 3.63) is 35.4 Å². The minimum atomic E-state index is -0.0859. The second-order valence-corrected chi connectivity index (χ2v) is 5.30. The SMILES string of the molecule is OCC#Cc1ccccc1CSCC1CCCO1. The van der Waals surface area contributed by atoms with E-state index >= 15 is 0 Å². The van der Waals surface area contributed by atoms with Gasteiger partial charge in [-0.3, -0.25) is 0 Å². The molecular weight excluding hydrogens is 244 g/mol. The monoisotopic (exact) mass is 262 g/mol. The Kier molecular flexibility index (Phi) is 5.60. The van der Waals surface area contributed by atoms with Gasteiger partial charge in [-0.05, 0) is 24.5 Å². The van der Waals surface area contributed by atoms with E-state index in [9.17, 15) is 0 Å². The molecule has 1 fully saturated rings. The van der Waals surface area contributed by atoms with Gasteiger partial charge in [0.05, 0.1) is 6.10 Å². The summed E-state index contributed by atoms with van der Waals surface area (Å²) in [4.78, 5) is 0. The van der Waals surface area contributed by atoms with Gasteiger partial charge in [-0.15, -0.1) is 0 Å². The molecule has 0 aromatic heterocycles. The molecule has 96 valence electrons. The van der Waals surface area contributed by atoms with Gasteiger partial charge in [0.1, 0.15) is 6.61 Å². The average Bonchev–Trinajstić information content (AvgIpc) is 2.91. The Balaban J connectivity index is 1.87. The summed E-state index contributed by atoms with van der Waals surface area (Å²) >= 11 is 1.90. The largest absolute Gasteiger partial charge is 0.384 e. The van der Waals surface area contributed by atoms with E-state index in [2.05, 4.69) is 17.9 Å². The Morgan fingerprint density at radius 2 is 2.28 bits per heavy atom. The van der Waals surface area contributed by atoms with Gasteiger partial charge < -0.3 is 9.84 Å². The zero-order chi connectivity index (χ0) is 12.6. The maximum Gasteiger partial charge on any atom is 0.104 e. The van der Waals surface area contributed by atoms with E-state index in [1.165, 1.54) is 18.4 Å². The summed E-state index contributed by atoms with van der Waals surface area (Å²) < 4.78 is 5.60. The first-order valence-corrected chi connectivity index (χ1v) is 7.42. The third-order valence-electron chi connectivity index (χ3n) is 2.90. The predicted octanol–water partition coefficient (Wildman–Crippen LogP) is 2.44. The van der Waals surface area contributed by atoms with E-state index in [0.29, 0.717) is 6.10 Å². The van der Waals surface area contributed by atoms with Crippen molar-refractivity contribution in [2.75, 3.05) is 19.0 Å². The Morgan fingerprint density at radius 3 is 3.06 bits per heavy atom. The molecule has 1 aromatic rings. The van der Waals surface area contributed by atoms with Crippen molar-refractivity contribution in [2.45, 2.75) is 24.7 Å². The lowest BCUT2D eigenvalue weighted by Gasteiger charge is -2.09. The molecule has 18 heavy (non-hydrogen) atoms. The number of benzene rings is 1. The van der Waals surface area contributed by atoms with Crippen LogP contribution in [-0.4, -0.2) is 30.2 Å². The maximum absolute atomic E-state index is 8.74. The Bertz CT molecular complexity index is 428. The van der Waals surface area contributed by atoms with E-state index in [0.717, 1.165) is 23.7 Å². The lowest BCUT2D eigenvalue weighted by Crippen LogP contribution is -2.08. The highest BCUT2D eigenvalue weighted by Gasteiger charge is 2.15. The van der Waals surface area contributed by atoms with E-state index < -0.39 is 0 Å². The van der Waals surface area contributed by atoms with Crippen molar-refractivity contribution in [1.82, 2.24) is 0 Å². The normalized spacial score (nSPS) is 18.4. The standard InChI is InChI=1S/C15H18O2S/c16-9-3-7-13-5-1-2-6-14(13)11-18-12-15-8-4-10-17-15/h1-2,5-6,15-16H,4,8-12H2. The number of rotatable bonds is 4. The quantitative estimate of drug-likeness (QED) is 0.845. The van der Waals surface area contributed by atoms with Crippen molar-refractivity contribution < 1.29 is 9.84 Å². The highest BCUT2D eigenvalue weighted by atomic mass is 32.2. The second-order valence-electron chi connectivity index (χ2n) is 4.27. The van der Waals surface area contributed by atoms with Gasteiger partial charge in [0, 0.05) is 23.7 Å². The van der Waals surface area contributed by atoms with Crippen LogP contribution in [0.4, 0.5) is 0 Å². The van der Waals surface area contributed by atoms with Gasteiger partial charge in [-0.2, -0.15) is 11.8 Å². The molecule has 0 saturated carbocycles. The lowest BCUT2D eigenvalue weighted by atomic mass is 10.1. The Hall–Kier alpha value is -0.950. The van der Waals surface area contributed by atoms with Crippen molar-refractivity contribution in [3.8, 4) is 11.8 Å². The molecule has 2 rings (SSSR count). The molecule has 1 heterocycles. The number of thioether (sulfide) groups is 1. The van der Waals surface area contributed by atoms with E-state index in [1.807, 2.05) is 30.0 Å². The maximum atomic E-state index is 8.74. The molecule has 1 atom stereocenters. The third kappa shape index (κ3) is 4.06. The Morgan fingerprint density at radius 1 is 1.39 bits per heavy atom. The fourth-order valence-electron chi connectivity index (χ4n) is 1.98. The van der Waals surface area contributed by atoms with E-state index in [-0.39, 0.29) is 6.61 Å². The molecule has 0 amide bonds. The van der Waals surface area contributed by atoms with Crippen LogP contribution in [-0.2, 0) is 10.5 Å². The summed E-state index contributed by atoms with van der Waals surface area (Å²) in [5.74, 6) is 7.72. The van der Waals surface area contributed by atoms with Crippen molar-refractivity contribution in [3.63, 3.8) is 0 Å². The lowest BCUT2D eigenvalue weighted by molar-refractivity contribution is 0.129. The summed E-state index contributed by atoms with van der Waals surface area (Å²) in [7, 11) is 0. The minimum Gasteiger partial charge on any atom is -0.384 e. The molecule has 0 radical (unpaired) electrons. The van der Waals surface area contributed by atoms with Crippen LogP contribution in [0.3, 0.4) is 0 Å². The molecule has 1 saturated heterocycles. The van der Waals surface area contributed by atoms with Crippen LogP contribution in [0.5, 0.6) is 0 Å². The first-order valence-electron chi connectivity index (χ1n) is 6.27. The number of ether oxygens (including phenoxy) is 1. The van der Waals surface area contributed by atoms with Gasteiger partial charge >= 0.3 is 0 Å². The molecule has 2 nitrogen and oxygen atoms in total. The molecular formula is C15H18O2S. The number of hydrogen-bond donors (Lipinski definition) is 1. The molecule has 0 aliphatic carbocycles. The van der Waals surface area contributed by atoms with Gasteiger partial charge in [-0.25, -0.2) is 0 Å². The summed E-state index contributed by atoms with van der Waals surface area (Å²) in [6, 6.07) is 8.12. The van der Waals surface area contributed by atoms with Gasteiger partial charge in [0.2, 0.25) is 0 Å². The molecule has 1 aliphatic rings. The fraction of sp³-hybridized carbons (Fsp3) is 0.467. The summed E-state index contributed by atoms with van der Waals surface area (Å²) in [6.07, 6.45) is 2.83. The Labute approximate surface area is 113 Å². The minimum absolute atomic E-state index is 0.0859. The molecule has 0 bridgehead atoms. The highest BCUT2D eigenvalue weighted by molar-refractivity contribution is 7.98. The van der Waals surface area contributed by atoms with Gasteiger partial charge in [0.15, 0.2) is 0 Å². The second kappa shape index (κ2) is 7.48. The van der Waals surface area contributed by atoms with Crippen molar-refractivity contribution in [1.29, 1.82) is 0 Å². The van der Waals surface area contributed by atoms with Crippen LogP contribution in [0.25, 0.3) is 0 Å². The van der Waals surface area contributed by atoms with Crippen LogP contribution in [0.15, 0.2) is 24.3 Å². The number of aliphatic hydroxyl groups is 1. The summed E-state index contributed by atoms with van der Waals surface area (Å²) in [5.41, 5.74) is 2.26. The van der Waals surface area contributed by atoms with Crippen LogP contribution < -0.4 is 0 Å². The summed E-state index contributed by atoms with van der Waals surface area (Å²) in [6.45, 7) is 0.835. The fourth-order valence-corrected chi connectivity index (χ4v) is 3.09. The van der Waals surface area contributed by atoms with E-state index in [4.69, 9.17) is 9.84 Å². The van der Waals surface area contributed by atoms with Crippen LogP contribution in [0.2, 0.25) is 0 Å². The highest BCUT2D eigenvalue weighted by Crippen LogP contribution is 2.21. The van der Waals surface area contributed by atoms with Crippen LogP contribution in [0, 0.1) is 11.8 Å². The van der Waals surface area contributed by atoms with Gasteiger partial charge in [-0.1, -0.05) is 30.0 Å². The van der Waals surface area contributed by atoms with Gasteiger partial charge in [0.25, 0.3) is 0 Å². The predicted molar refractivity (Wildman–Crippen MR) is 75.5 cm³/mol. The molecule has 1 aromatic carbocycles. The molecule has 0 spiro atoms. The zero-order valence-corrected chi connectivity index (χ0v) is 11.2. The first-order chi connectivity index (χ1) is 8.90. The van der Waals surface area contributed by atoms with Crippen LogP contribution in [0.1, 0.15) is 24.0 Å². The topological polar surface area (TPSA) is 29.5 Å². The zero-order valence-electron chi connectivity index (χ0n) is 10.4. The number of hydrogen-bond acceptors (Lipinski definition) is 3. The number of aliphatic hydroxyl groups excluding tert-OH is 1. The molecule has 1 unspecified atom stereocenters. The molecule has 1 aliphatic heterocycles. The first kappa shape index (κ1) is 13.5. The van der Waals surface area contributed by atoms with Crippen molar-refractivity contribution >= 4 is 11.8 Å². The average molecular weight is 262 g/mol. The third-order valence-corrected chi connectivity index (χ3v) is 4.03. The van der Waals surface area contributed by atoms with E-state index in [1.54, 1.807) is 0 Å². The van der Waals surface area contributed by atoms with Crippen molar-refractivity contribution in [2.24, 2.45) is 0 Å². The van der Waals surface area contributed by atoms with Crippen LogP contribution >= 0.6 is 11.8 Å². The smallest absolute Gasteiger partial charge is 0.104 e. The molecule has 3 heteroatoms.